The fourth-order valence-corrected chi connectivity index (χ4v) is 4.43. The van der Waals surface area contributed by atoms with Gasteiger partial charge in [0.05, 0.1) is 0 Å². The lowest BCUT2D eigenvalue weighted by atomic mass is 9.91. The van der Waals surface area contributed by atoms with E-state index in [1.807, 2.05) is 12.4 Å². The van der Waals surface area contributed by atoms with Crippen LogP contribution in [0.3, 0.4) is 0 Å². The molecule has 4 aromatic rings. The van der Waals surface area contributed by atoms with Crippen LogP contribution in [-0.2, 0) is 12.8 Å². The summed E-state index contributed by atoms with van der Waals surface area (Å²) < 4.78 is 0. The number of aromatic nitrogens is 2. The van der Waals surface area contributed by atoms with E-state index in [-0.39, 0.29) is 0 Å². The van der Waals surface area contributed by atoms with Crippen molar-refractivity contribution in [2.75, 3.05) is 6.54 Å². The number of fused-ring (bicyclic) bond motifs is 3. The van der Waals surface area contributed by atoms with Gasteiger partial charge in [-0.15, -0.1) is 0 Å². The number of aromatic amines is 1. The Morgan fingerprint density at radius 2 is 1.82 bits per heavy atom. The molecule has 140 valence electrons. The second kappa shape index (κ2) is 7.61. The largest absolute Gasteiger partial charge is 0.357 e. The Kier molecular flexibility index (Phi) is 4.67. The third kappa shape index (κ3) is 3.34. The Labute approximate surface area is 165 Å². The molecule has 0 saturated carbocycles. The molecule has 3 heteroatoms. The van der Waals surface area contributed by atoms with E-state index in [0.717, 1.165) is 19.4 Å². The molecule has 2 aromatic heterocycles. The topological polar surface area (TPSA) is 40.7 Å². The van der Waals surface area contributed by atoms with Crippen molar-refractivity contribution in [1.82, 2.24) is 15.3 Å². The lowest BCUT2D eigenvalue weighted by molar-refractivity contribution is 0.456. The van der Waals surface area contributed by atoms with Crippen molar-refractivity contribution in [3.63, 3.8) is 0 Å². The van der Waals surface area contributed by atoms with Crippen molar-refractivity contribution >= 4 is 10.9 Å². The van der Waals surface area contributed by atoms with Gasteiger partial charge in [-0.1, -0.05) is 36.4 Å². The van der Waals surface area contributed by atoms with Crippen LogP contribution < -0.4 is 5.32 Å². The third-order valence-electron chi connectivity index (χ3n) is 5.87. The fourth-order valence-electron chi connectivity index (χ4n) is 4.43. The first-order chi connectivity index (χ1) is 13.9. The summed E-state index contributed by atoms with van der Waals surface area (Å²) in [7, 11) is 0. The maximum Gasteiger partial charge on any atom is 0.0476 e. The first-order valence-electron chi connectivity index (χ1n) is 10.2. The highest BCUT2D eigenvalue weighted by Gasteiger charge is 2.24. The van der Waals surface area contributed by atoms with E-state index in [0.29, 0.717) is 6.04 Å². The highest BCUT2D eigenvalue weighted by molar-refractivity contribution is 5.89. The normalized spacial score (nSPS) is 16.2. The molecule has 0 spiro atoms. The number of benzene rings is 2. The van der Waals surface area contributed by atoms with Crippen LogP contribution in [0.5, 0.6) is 0 Å². The minimum Gasteiger partial charge on any atom is -0.357 e. The van der Waals surface area contributed by atoms with Gasteiger partial charge in [-0.25, -0.2) is 0 Å². The molecule has 0 radical (unpaired) electrons. The molecule has 0 bridgehead atoms. The summed E-state index contributed by atoms with van der Waals surface area (Å²) in [6.07, 6.45) is 8.39. The van der Waals surface area contributed by atoms with E-state index >= 15 is 0 Å². The monoisotopic (exact) mass is 367 g/mol. The minimum atomic E-state index is 0.421. The molecular formula is C25H25N3. The summed E-state index contributed by atoms with van der Waals surface area (Å²) in [5, 5.41) is 5.17. The van der Waals surface area contributed by atoms with E-state index < -0.39 is 0 Å². The maximum absolute atomic E-state index is 4.14. The smallest absolute Gasteiger partial charge is 0.0476 e. The molecular weight excluding hydrogens is 342 g/mol. The number of aryl methyl sites for hydroxylation is 1. The van der Waals surface area contributed by atoms with Gasteiger partial charge < -0.3 is 10.3 Å². The molecule has 1 aliphatic carbocycles. The predicted octanol–water partition coefficient (Wildman–Crippen LogP) is 5.44. The van der Waals surface area contributed by atoms with Gasteiger partial charge in [0.25, 0.3) is 0 Å². The second-order valence-electron chi connectivity index (χ2n) is 7.65. The molecule has 5 rings (SSSR count). The van der Waals surface area contributed by atoms with Crippen LogP contribution in [0.4, 0.5) is 0 Å². The zero-order chi connectivity index (χ0) is 18.8. The fraction of sp³-hybridized carbons (Fsp3) is 0.240. The maximum atomic E-state index is 4.14. The molecule has 0 saturated heterocycles. The van der Waals surface area contributed by atoms with Gasteiger partial charge in [0, 0.05) is 35.0 Å². The molecule has 1 aliphatic rings. The van der Waals surface area contributed by atoms with Crippen LogP contribution in [-0.4, -0.2) is 16.5 Å². The van der Waals surface area contributed by atoms with Crippen LogP contribution in [0.1, 0.15) is 35.7 Å². The van der Waals surface area contributed by atoms with Crippen molar-refractivity contribution in [2.45, 2.75) is 31.7 Å². The second-order valence-corrected chi connectivity index (χ2v) is 7.65. The Hall–Kier alpha value is -2.91. The molecule has 1 atom stereocenters. The van der Waals surface area contributed by atoms with E-state index in [2.05, 4.69) is 75.9 Å². The van der Waals surface area contributed by atoms with Gasteiger partial charge in [-0.05, 0) is 78.7 Å². The Morgan fingerprint density at radius 1 is 0.964 bits per heavy atom. The third-order valence-corrected chi connectivity index (χ3v) is 5.87. The highest BCUT2D eigenvalue weighted by atomic mass is 14.9. The average Bonchev–Trinajstić information content (AvgIpc) is 3.14. The molecule has 0 aliphatic heterocycles. The van der Waals surface area contributed by atoms with Gasteiger partial charge in [-0.3, -0.25) is 4.98 Å². The molecule has 0 amide bonds. The Bertz CT molecular complexity index is 1070. The van der Waals surface area contributed by atoms with Crippen molar-refractivity contribution < 1.29 is 0 Å². The van der Waals surface area contributed by atoms with Crippen LogP contribution in [0.15, 0.2) is 73.1 Å². The summed E-state index contributed by atoms with van der Waals surface area (Å²) in [6, 6.07) is 22.1. The summed E-state index contributed by atoms with van der Waals surface area (Å²) >= 11 is 0. The molecule has 1 unspecified atom stereocenters. The molecule has 2 aromatic carbocycles. The van der Waals surface area contributed by atoms with Crippen molar-refractivity contribution in [3.8, 4) is 11.1 Å². The zero-order valence-electron chi connectivity index (χ0n) is 16.0. The number of H-pyrrole nitrogens is 1. The van der Waals surface area contributed by atoms with Gasteiger partial charge in [-0.2, -0.15) is 0 Å². The summed E-state index contributed by atoms with van der Waals surface area (Å²) in [5.41, 5.74) is 8.01. The van der Waals surface area contributed by atoms with E-state index in [1.165, 1.54) is 51.7 Å². The number of hydrogen-bond acceptors (Lipinski definition) is 2. The van der Waals surface area contributed by atoms with Crippen molar-refractivity contribution in [3.05, 3.63) is 89.9 Å². The lowest BCUT2D eigenvalue weighted by Crippen LogP contribution is -2.27. The van der Waals surface area contributed by atoms with Crippen molar-refractivity contribution in [2.24, 2.45) is 0 Å². The Balaban J connectivity index is 1.40. The van der Waals surface area contributed by atoms with Crippen LogP contribution >= 0.6 is 0 Å². The number of rotatable bonds is 5. The standard InChI is InChI=1S/C25H25N3/c1-2-5-18(6-3-1)11-16-27-24-8-4-7-21-22-17-20(19-12-14-26-15-13-19)9-10-23(22)28-25(21)24/h1-3,5-6,9-10,12-15,17,24,27-28H,4,7-8,11,16H2. The average molecular weight is 367 g/mol. The van der Waals surface area contributed by atoms with Crippen LogP contribution in [0.2, 0.25) is 0 Å². The lowest BCUT2D eigenvalue weighted by Gasteiger charge is -2.24. The quantitative estimate of drug-likeness (QED) is 0.493. The number of nitrogens with one attached hydrogen (secondary N) is 2. The zero-order valence-corrected chi connectivity index (χ0v) is 16.0. The van der Waals surface area contributed by atoms with Crippen molar-refractivity contribution in [1.29, 1.82) is 0 Å². The molecule has 2 N–H and O–H groups in total. The van der Waals surface area contributed by atoms with Crippen LogP contribution in [0, 0.1) is 0 Å². The van der Waals surface area contributed by atoms with Gasteiger partial charge >= 0.3 is 0 Å². The molecule has 0 fully saturated rings. The van der Waals surface area contributed by atoms with Gasteiger partial charge in [0.1, 0.15) is 0 Å². The minimum absolute atomic E-state index is 0.421. The molecule has 28 heavy (non-hydrogen) atoms. The predicted molar refractivity (Wildman–Crippen MR) is 115 cm³/mol. The first-order valence-corrected chi connectivity index (χ1v) is 10.2. The number of pyridine rings is 1. The molecule has 3 nitrogen and oxygen atoms in total. The van der Waals surface area contributed by atoms with E-state index in [1.54, 1.807) is 0 Å². The summed E-state index contributed by atoms with van der Waals surface area (Å²) in [5.74, 6) is 0. The van der Waals surface area contributed by atoms with E-state index in [9.17, 15) is 0 Å². The first kappa shape index (κ1) is 17.2. The Morgan fingerprint density at radius 3 is 2.68 bits per heavy atom. The SMILES string of the molecule is c1ccc(CCNC2CCCc3c2[nH]c2ccc(-c4ccncc4)cc32)cc1. The highest BCUT2D eigenvalue weighted by Crippen LogP contribution is 2.36. The van der Waals surface area contributed by atoms with Crippen LogP contribution in [0.25, 0.3) is 22.0 Å². The number of nitrogens with zero attached hydrogens (tertiary/aromatic N) is 1. The van der Waals surface area contributed by atoms with Gasteiger partial charge in [0.15, 0.2) is 0 Å². The molecule has 2 heterocycles. The summed E-state index contributed by atoms with van der Waals surface area (Å²) in [4.78, 5) is 7.86. The summed E-state index contributed by atoms with van der Waals surface area (Å²) in [6.45, 7) is 1.01. The van der Waals surface area contributed by atoms with E-state index in [4.69, 9.17) is 0 Å². The number of hydrogen-bond donors (Lipinski definition) is 2. The van der Waals surface area contributed by atoms with Gasteiger partial charge in [0.2, 0.25) is 0 Å².